The van der Waals surface area contributed by atoms with Gasteiger partial charge in [0.25, 0.3) is 0 Å². The van der Waals surface area contributed by atoms with Crippen LogP contribution in [0.5, 0.6) is 11.5 Å². The number of halogens is 1. The Morgan fingerprint density at radius 1 is 1.40 bits per heavy atom. The molecule has 1 unspecified atom stereocenters. The van der Waals surface area contributed by atoms with E-state index in [1.165, 1.54) is 6.07 Å². The average molecular weight is 214 g/mol. The molecule has 1 rings (SSSR count). The number of rotatable bonds is 3. The van der Waals surface area contributed by atoms with Gasteiger partial charge in [0, 0.05) is 5.56 Å². The van der Waals surface area contributed by atoms with Crippen molar-refractivity contribution in [3.63, 3.8) is 0 Å². The van der Waals surface area contributed by atoms with E-state index < -0.39 is 29.2 Å². The molecule has 15 heavy (non-hydrogen) atoms. The maximum absolute atomic E-state index is 12.8. The van der Waals surface area contributed by atoms with E-state index in [-0.39, 0.29) is 12.0 Å². The third kappa shape index (κ3) is 2.37. The van der Waals surface area contributed by atoms with Crippen molar-refractivity contribution in [3.05, 3.63) is 23.5 Å². The van der Waals surface area contributed by atoms with Crippen LogP contribution in [0.15, 0.2) is 12.1 Å². The number of hydrogen-bond acceptors (Lipinski definition) is 3. The van der Waals surface area contributed by atoms with E-state index in [4.69, 9.17) is 10.2 Å². The fourth-order valence-corrected chi connectivity index (χ4v) is 1.34. The van der Waals surface area contributed by atoms with E-state index >= 15 is 0 Å². The molecule has 0 radical (unpaired) electrons. The highest BCUT2D eigenvalue weighted by Crippen LogP contribution is 2.36. The lowest BCUT2D eigenvalue weighted by Crippen LogP contribution is -2.03. The Morgan fingerprint density at radius 2 is 2.00 bits per heavy atom. The van der Waals surface area contributed by atoms with E-state index in [9.17, 15) is 14.3 Å². The van der Waals surface area contributed by atoms with Crippen LogP contribution >= 0.6 is 0 Å². The van der Waals surface area contributed by atoms with Gasteiger partial charge in [0.05, 0.1) is 6.42 Å². The molecule has 0 aliphatic carbocycles. The SMILES string of the molecule is CC(CC(=O)O)c1ccc(F)c(O)c1O. The molecule has 1 aromatic carbocycles. The summed E-state index contributed by atoms with van der Waals surface area (Å²) in [4.78, 5) is 10.4. The van der Waals surface area contributed by atoms with Gasteiger partial charge in [0.15, 0.2) is 17.3 Å². The summed E-state index contributed by atoms with van der Waals surface area (Å²) in [7, 11) is 0. The minimum Gasteiger partial charge on any atom is -0.504 e. The zero-order chi connectivity index (χ0) is 11.6. The standard InChI is InChI=1S/C10H11FO4/c1-5(4-8(12)13)6-2-3-7(11)10(15)9(6)14/h2-3,5,14-15H,4H2,1H3,(H,12,13). The van der Waals surface area contributed by atoms with Gasteiger partial charge >= 0.3 is 5.97 Å². The van der Waals surface area contributed by atoms with Crippen LogP contribution in [-0.2, 0) is 4.79 Å². The molecular formula is C10H11FO4. The summed E-state index contributed by atoms with van der Waals surface area (Å²) in [5.74, 6) is -3.88. The van der Waals surface area contributed by atoms with Gasteiger partial charge in [-0.05, 0) is 12.0 Å². The highest BCUT2D eigenvalue weighted by molar-refractivity contribution is 5.68. The van der Waals surface area contributed by atoms with Crippen molar-refractivity contribution >= 4 is 5.97 Å². The Kier molecular flexibility index (Phi) is 3.14. The van der Waals surface area contributed by atoms with Crippen LogP contribution in [-0.4, -0.2) is 21.3 Å². The van der Waals surface area contributed by atoms with Crippen molar-refractivity contribution in [3.8, 4) is 11.5 Å². The zero-order valence-corrected chi connectivity index (χ0v) is 8.07. The smallest absolute Gasteiger partial charge is 0.303 e. The number of phenolic OH excluding ortho intramolecular Hbond substituents is 2. The van der Waals surface area contributed by atoms with Crippen molar-refractivity contribution in [1.29, 1.82) is 0 Å². The van der Waals surface area contributed by atoms with Crippen molar-refractivity contribution in [1.82, 2.24) is 0 Å². The van der Waals surface area contributed by atoms with E-state index in [1.54, 1.807) is 6.92 Å². The van der Waals surface area contributed by atoms with E-state index in [0.29, 0.717) is 0 Å². The highest BCUT2D eigenvalue weighted by Gasteiger charge is 2.18. The summed E-state index contributed by atoms with van der Waals surface area (Å²) in [6.07, 6.45) is -0.196. The second kappa shape index (κ2) is 4.16. The van der Waals surface area contributed by atoms with Crippen molar-refractivity contribution in [2.45, 2.75) is 19.3 Å². The number of benzene rings is 1. The van der Waals surface area contributed by atoms with E-state index in [2.05, 4.69) is 0 Å². The first-order valence-electron chi connectivity index (χ1n) is 4.35. The molecule has 0 saturated carbocycles. The summed E-state index contributed by atoms with van der Waals surface area (Å²) >= 11 is 0. The van der Waals surface area contributed by atoms with Gasteiger partial charge < -0.3 is 15.3 Å². The summed E-state index contributed by atoms with van der Waals surface area (Å²) in [5, 5.41) is 27.0. The number of phenols is 2. The predicted molar refractivity (Wildman–Crippen MR) is 50.4 cm³/mol. The molecule has 0 bridgehead atoms. The predicted octanol–water partition coefficient (Wildman–Crippen LogP) is 1.82. The molecular weight excluding hydrogens is 203 g/mol. The molecule has 0 spiro atoms. The van der Waals surface area contributed by atoms with E-state index in [0.717, 1.165) is 6.07 Å². The van der Waals surface area contributed by atoms with Crippen molar-refractivity contribution in [2.24, 2.45) is 0 Å². The number of aromatic hydroxyl groups is 2. The summed E-state index contributed by atoms with van der Waals surface area (Å²) in [6.45, 7) is 1.57. The Morgan fingerprint density at radius 3 is 2.53 bits per heavy atom. The quantitative estimate of drug-likeness (QED) is 0.670. The van der Waals surface area contributed by atoms with Gasteiger partial charge in [0.2, 0.25) is 0 Å². The van der Waals surface area contributed by atoms with Crippen LogP contribution in [0, 0.1) is 5.82 Å². The third-order valence-corrected chi connectivity index (χ3v) is 2.14. The molecule has 0 saturated heterocycles. The minimum atomic E-state index is -1.02. The van der Waals surface area contributed by atoms with Gasteiger partial charge in [-0.3, -0.25) is 4.79 Å². The van der Waals surface area contributed by atoms with Gasteiger partial charge in [-0.15, -0.1) is 0 Å². The van der Waals surface area contributed by atoms with Crippen LogP contribution in [0.2, 0.25) is 0 Å². The fraction of sp³-hybridized carbons (Fsp3) is 0.300. The number of aliphatic carboxylic acids is 1. The zero-order valence-electron chi connectivity index (χ0n) is 8.07. The Bertz CT molecular complexity index is 389. The normalized spacial score (nSPS) is 12.4. The van der Waals surface area contributed by atoms with Crippen molar-refractivity contribution < 1.29 is 24.5 Å². The maximum atomic E-state index is 12.8. The second-order valence-corrected chi connectivity index (χ2v) is 3.33. The number of hydrogen-bond donors (Lipinski definition) is 3. The first-order chi connectivity index (χ1) is 6.93. The minimum absolute atomic E-state index is 0.196. The molecule has 0 aromatic heterocycles. The lowest BCUT2D eigenvalue weighted by molar-refractivity contribution is -0.137. The highest BCUT2D eigenvalue weighted by atomic mass is 19.1. The van der Waals surface area contributed by atoms with Crippen molar-refractivity contribution in [2.75, 3.05) is 0 Å². The van der Waals surface area contributed by atoms with Crippen LogP contribution in [0.4, 0.5) is 4.39 Å². The Labute approximate surface area is 85.6 Å². The van der Waals surface area contributed by atoms with Crippen LogP contribution in [0.1, 0.15) is 24.8 Å². The molecule has 0 fully saturated rings. The van der Waals surface area contributed by atoms with Gasteiger partial charge in [0.1, 0.15) is 0 Å². The molecule has 5 heteroatoms. The summed E-state index contributed by atoms with van der Waals surface area (Å²) < 4.78 is 12.8. The van der Waals surface area contributed by atoms with Crippen LogP contribution in [0.25, 0.3) is 0 Å². The molecule has 4 nitrogen and oxygen atoms in total. The Hall–Kier alpha value is -1.78. The second-order valence-electron chi connectivity index (χ2n) is 3.33. The molecule has 1 atom stereocenters. The first-order valence-corrected chi connectivity index (χ1v) is 4.35. The lowest BCUT2D eigenvalue weighted by atomic mass is 9.96. The topological polar surface area (TPSA) is 77.8 Å². The molecule has 0 heterocycles. The fourth-order valence-electron chi connectivity index (χ4n) is 1.34. The monoisotopic (exact) mass is 214 g/mol. The lowest BCUT2D eigenvalue weighted by Gasteiger charge is -2.12. The molecule has 0 amide bonds. The Balaban J connectivity index is 3.05. The average Bonchev–Trinajstić information content (AvgIpc) is 2.13. The van der Waals surface area contributed by atoms with Gasteiger partial charge in [-0.25, -0.2) is 4.39 Å². The molecule has 1 aromatic rings. The molecule has 3 N–H and O–H groups in total. The molecule has 0 aliphatic heterocycles. The van der Waals surface area contributed by atoms with Crippen LogP contribution < -0.4 is 0 Å². The largest absolute Gasteiger partial charge is 0.504 e. The molecule has 82 valence electrons. The van der Waals surface area contributed by atoms with Gasteiger partial charge in [-0.1, -0.05) is 13.0 Å². The van der Waals surface area contributed by atoms with Crippen LogP contribution in [0.3, 0.4) is 0 Å². The number of carboxylic acid groups (broad SMARTS) is 1. The first kappa shape index (κ1) is 11.3. The summed E-state index contributed by atoms with van der Waals surface area (Å²) in [6, 6.07) is 2.25. The number of carboxylic acids is 1. The van der Waals surface area contributed by atoms with E-state index in [1.807, 2.05) is 0 Å². The summed E-state index contributed by atoms with van der Waals surface area (Å²) in [5.41, 5.74) is 0.219. The number of carbonyl (C=O) groups is 1. The maximum Gasteiger partial charge on any atom is 0.303 e. The molecule has 0 aliphatic rings. The third-order valence-electron chi connectivity index (χ3n) is 2.14. The van der Waals surface area contributed by atoms with Gasteiger partial charge in [-0.2, -0.15) is 0 Å².